The predicted octanol–water partition coefficient (Wildman–Crippen LogP) is 2.97. The molecule has 0 spiro atoms. The Hall–Kier alpha value is -1.96. The first-order valence-electron chi connectivity index (χ1n) is 5.39. The Morgan fingerprint density at radius 1 is 1.53 bits per heavy atom. The molecule has 0 aromatic carbocycles. The van der Waals surface area contributed by atoms with Gasteiger partial charge in [-0.05, 0) is 19.8 Å². The van der Waals surface area contributed by atoms with E-state index >= 15 is 0 Å². The van der Waals surface area contributed by atoms with Crippen LogP contribution in [0.4, 0.5) is 10.7 Å². The van der Waals surface area contributed by atoms with Gasteiger partial charge in [-0.25, -0.2) is 4.79 Å². The van der Waals surface area contributed by atoms with E-state index < -0.39 is 6.09 Å². The third-order valence-corrected chi connectivity index (χ3v) is 2.26. The van der Waals surface area contributed by atoms with Gasteiger partial charge in [-0.15, -0.1) is 0 Å². The van der Waals surface area contributed by atoms with Crippen molar-refractivity contribution in [1.29, 1.82) is 5.26 Å². The first kappa shape index (κ1) is 13.1. The number of furan rings is 1. The van der Waals surface area contributed by atoms with Crippen LogP contribution in [0.3, 0.4) is 0 Å². The molecule has 0 saturated carbocycles. The van der Waals surface area contributed by atoms with Crippen molar-refractivity contribution in [3.63, 3.8) is 0 Å². The number of hydrogen-bond acceptors (Lipinski definition) is 4. The molecule has 0 radical (unpaired) electrons. The van der Waals surface area contributed by atoms with Crippen LogP contribution in [-0.4, -0.2) is 12.7 Å². The lowest BCUT2D eigenvalue weighted by Crippen LogP contribution is -2.16. The number of anilines is 1. The first-order valence-corrected chi connectivity index (χ1v) is 5.39. The average Bonchev–Trinajstić information content (AvgIpc) is 2.51. The molecule has 1 N–H and O–H groups in total. The quantitative estimate of drug-likeness (QED) is 0.875. The fraction of sp³-hybridized carbons (Fsp3) is 0.500. The second-order valence-electron chi connectivity index (χ2n) is 4.22. The average molecular weight is 236 g/mol. The SMILES string of the molecule is Cc1oc(NC(=O)OCC(C)C)c(C#N)c1C. The standard InChI is InChI=1S/C12H16N2O3/c1-7(2)6-16-12(15)14-11-10(5-13)8(3)9(4)17-11/h7H,6H2,1-4H3,(H,14,15). The molecule has 1 aromatic heterocycles. The Kier molecular flexibility index (Phi) is 4.16. The smallest absolute Gasteiger partial charge is 0.414 e. The van der Waals surface area contributed by atoms with Crippen molar-refractivity contribution < 1.29 is 13.9 Å². The molecule has 5 heteroatoms. The van der Waals surface area contributed by atoms with E-state index in [1.807, 2.05) is 19.9 Å². The van der Waals surface area contributed by atoms with E-state index in [-0.39, 0.29) is 11.8 Å². The molecule has 0 aliphatic carbocycles. The summed E-state index contributed by atoms with van der Waals surface area (Å²) in [6, 6.07) is 1.99. The second-order valence-corrected chi connectivity index (χ2v) is 4.22. The van der Waals surface area contributed by atoms with Gasteiger partial charge in [0.05, 0.1) is 6.61 Å². The van der Waals surface area contributed by atoms with Crippen LogP contribution in [0.5, 0.6) is 0 Å². The van der Waals surface area contributed by atoms with Crippen molar-refractivity contribution in [1.82, 2.24) is 0 Å². The number of aryl methyl sites for hydroxylation is 1. The molecule has 92 valence electrons. The summed E-state index contributed by atoms with van der Waals surface area (Å²) >= 11 is 0. The summed E-state index contributed by atoms with van der Waals surface area (Å²) < 4.78 is 10.2. The topological polar surface area (TPSA) is 75.3 Å². The van der Waals surface area contributed by atoms with Crippen LogP contribution in [0.1, 0.15) is 30.7 Å². The van der Waals surface area contributed by atoms with Gasteiger partial charge in [0.15, 0.2) is 0 Å². The van der Waals surface area contributed by atoms with Crippen molar-refractivity contribution >= 4 is 12.0 Å². The van der Waals surface area contributed by atoms with Gasteiger partial charge < -0.3 is 9.15 Å². The van der Waals surface area contributed by atoms with E-state index in [1.54, 1.807) is 13.8 Å². The van der Waals surface area contributed by atoms with Crippen LogP contribution in [0.2, 0.25) is 0 Å². The van der Waals surface area contributed by atoms with Crippen LogP contribution in [0.15, 0.2) is 4.42 Å². The number of ether oxygens (including phenoxy) is 1. The highest BCUT2D eigenvalue weighted by molar-refractivity contribution is 5.85. The number of amides is 1. The summed E-state index contributed by atoms with van der Waals surface area (Å²) in [5.41, 5.74) is 1.07. The monoisotopic (exact) mass is 236 g/mol. The summed E-state index contributed by atoms with van der Waals surface area (Å²) in [5, 5.41) is 11.4. The number of nitriles is 1. The maximum absolute atomic E-state index is 11.4. The van der Waals surface area contributed by atoms with Crippen molar-refractivity contribution in [3.8, 4) is 6.07 Å². The molecule has 0 bridgehead atoms. The minimum atomic E-state index is -0.607. The molecule has 1 amide bonds. The van der Waals surface area contributed by atoms with Gasteiger partial charge in [-0.2, -0.15) is 5.26 Å². The van der Waals surface area contributed by atoms with Crippen molar-refractivity contribution in [3.05, 3.63) is 16.9 Å². The van der Waals surface area contributed by atoms with E-state index in [0.717, 1.165) is 5.56 Å². The van der Waals surface area contributed by atoms with Crippen LogP contribution in [0, 0.1) is 31.1 Å². The van der Waals surface area contributed by atoms with Gasteiger partial charge in [0.25, 0.3) is 0 Å². The van der Waals surface area contributed by atoms with Crippen LogP contribution in [-0.2, 0) is 4.74 Å². The molecular weight excluding hydrogens is 220 g/mol. The van der Waals surface area contributed by atoms with E-state index in [1.165, 1.54) is 0 Å². The Balaban J connectivity index is 2.72. The highest BCUT2D eigenvalue weighted by atomic mass is 16.6. The molecular formula is C12H16N2O3. The molecule has 1 aromatic rings. The maximum atomic E-state index is 11.4. The molecule has 0 fully saturated rings. The van der Waals surface area contributed by atoms with Gasteiger partial charge in [-0.3, -0.25) is 5.32 Å². The van der Waals surface area contributed by atoms with Gasteiger partial charge in [0.2, 0.25) is 5.88 Å². The molecule has 0 saturated heterocycles. The normalized spacial score (nSPS) is 10.1. The van der Waals surface area contributed by atoms with E-state index in [2.05, 4.69) is 5.32 Å². The summed E-state index contributed by atoms with van der Waals surface area (Å²) in [7, 11) is 0. The summed E-state index contributed by atoms with van der Waals surface area (Å²) in [6.45, 7) is 7.71. The minimum Gasteiger partial charge on any atom is -0.449 e. The van der Waals surface area contributed by atoms with Gasteiger partial charge in [-0.1, -0.05) is 13.8 Å². The Bertz CT molecular complexity index is 455. The van der Waals surface area contributed by atoms with Crippen LogP contribution >= 0.6 is 0 Å². The second kappa shape index (κ2) is 5.39. The largest absolute Gasteiger partial charge is 0.449 e. The molecule has 0 unspecified atom stereocenters. The highest BCUT2D eigenvalue weighted by Gasteiger charge is 2.17. The number of rotatable bonds is 3. The third kappa shape index (κ3) is 3.25. The van der Waals surface area contributed by atoms with Gasteiger partial charge in [0.1, 0.15) is 17.4 Å². The molecule has 1 rings (SSSR count). The zero-order valence-corrected chi connectivity index (χ0v) is 10.5. The first-order chi connectivity index (χ1) is 7.95. The third-order valence-electron chi connectivity index (χ3n) is 2.26. The van der Waals surface area contributed by atoms with Crippen molar-refractivity contribution in [2.24, 2.45) is 5.92 Å². The molecule has 5 nitrogen and oxygen atoms in total. The highest BCUT2D eigenvalue weighted by Crippen LogP contribution is 2.25. The lowest BCUT2D eigenvalue weighted by atomic mass is 10.2. The number of nitrogens with one attached hydrogen (secondary N) is 1. The Labute approximate surface area is 100 Å². The zero-order chi connectivity index (χ0) is 13.0. The zero-order valence-electron chi connectivity index (χ0n) is 10.5. The number of hydrogen-bond donors (Lipinski definition) is 1. The summed E-state index contributed by atoms with van der Waals surface area (Å²) in [4.78, 5) is 11.4. The minimum absolute atomic E-state index is 0.149. The molecule has 0 atom stereocenters. The van der Waals surface area contributed by atoms with E-state index in [9.17, 15) is 4.79 Å². The maximum Gasteiger partial charge on any atom is 0.414 e. The van der Waals surface area contributed by atoms with Crippen LogP contribution < -0.4 is 5.32 Å². The summed E-state index contributed by atoms with van der Waals surface area (Å²) in [5.74, 6) is 1.02. The Morgan fingerprint density at radius 3 is 2.71 bits per heavy atom. The Morgan fingerprint density at radius 2 is 2.18 bits per heavy atom. The number of carbonyl (C=O) groups is 1. The predicted molar refractivity (Wildman–Crippen MR) is 62.7 cm³/mol. The fourth-order valence-corrected chi connectivity index (χ4v) is 1.22. The van der Waals surface area contributed by atoms with Crippen molar-refractivity contribution in [2.75, 3.05) is 11.9 Å². The number of carbonyl (C=O) groups excluding carboxylic acids is 1. The molecule has 17 heavy (non-hydrogen) atoms. The lowest BCUT2D eigenvalue weighted by molar-refractivity contribution is 0.147. The lowest BCUT2D eigenvalue weighted by Gasteiger charge is -2.07. The molecule has 0 aliphatic rings. The molecule has 1 heterocycles. The van der Waals surface area contributed by atoms with E-state index in [0.29, 0.717) is 17.9 Å². The fourth-order valence-electron chi connectivity index (χ4n) is 1.22. The summed E-state index contributed by atoms with van der Waals surface area (Å²) in [6.07, 6.45) is -0.607. The number of nitrogens with zero attached hydrogens (tertiary/aromatic N) is 1. The van der Waals surface area contributed by atoms with Gasteiger partial charge in [0, 0.05) is 5.56 Å². The van der Waals surface area contributed by atoms with Gasteiger partial charge >= 0.3 is 6.09 Å². The van der Waals surface area contributed by atoms with Crippen LogP contribution in [0.25, 0.3) is 0 Å². The molecule has 0 aliphatic heterocycles. The van der Waals surface area contributed by atoms with Crippen molar-refractivity contribution in [2.45, 2.75) is 27.7 Å². The van der Waals surface area contributed by atoms with E-state index in [4.69, 9.17) is 14.4 Å².